The molecule has 2 aromatic rings. The second kappa shape index (κ2) is 5.29. The van der Waals surface area contributed by atoms with E-state index in [0.717, 1.165) is 0 Å². The molecule has 23 heavy (non-hydrogen) atoms. The predicted molar refractivity (Wildman–Crippen MR) is 68.0 cm³/mol. The van der Waals surface area contributed by atoms with Crippen molar-refractivity contribution in [3.63, 3.8) is 0 Å². The largest absolute Gasteiger partial charge is 0.433 e. The molecule has 1 aromatic heterocycles. The molecule has 0 saturated heterocycles. The third-order valence-electron chi connectivity index (χ3n) is 2.94. The number of aromatic nitrogens is 2. The Morgan fingerprint density at radius 1 is 1.09 bits per heavy atom. The third kappa shape index (κ3) is 3.07. The van der Waals surface area contributed by atoms with Crippen molar-refractivity contribution in [1.82, 2.24) is 9.78 Å². The highest BCUT2D eigenvalue weighted by molar-refractivity contribution is 6.33. The first-order chi connectivity index (χ1) is 10.3. The molecular formula is C12H7ClF7N3. The quantitative estimate of drug-likeness (QED) is 0.600. The lowest BCUT2D eigenvalue weighted by atomic mass is 10.0. The molecule has 0 fully saturated rings. The van der Waals surface area contributed by atoms with Crippen molar-refractivity contribution in [2.24, 2.45) is 7.05 Å². The molecule has 0 aliphatic carbocycles. The summed E-state index contributed by atoms with van der Waals surface area (Å²) in [5, 5.41) is 2.90. The number of rotatable bonds is 1. The second-order valence-corrected chi connectivity index (χ2v) is 4.95. The first kappa shape index (κ1) is 17.4. The van der Waals surface area contributed by atoms with Gasteiger partial charge in [-0.2, -0.15) is 31.4 Å². The van der Waals surface area contributed by atoms with E-state index in [1.807, 2.05) is 0 Å². The minimum absolute atomic E-state index is 0.00238. The van der Waals surface area contributed by atoms with Crippen LogP contribution in [0.25, 0.3) is 11.3 Å². The normalized spacial score (nSPS) is 12.7. The number of nitrogens with two attached hydrogens (primary N) is 1. The zero-order valence-corrected chi connectivity index (χ0v) is 11.9. The van der Waals surface area contributed by atoms with Gasteiger partial charge < -0.3 is 5.73 Å². The maximum atomic E-state index is 13.9. The molecule has 0 spiro atoms. The average Bonchev–Trinajstić information content (AvgIpc) is 2.71. The van der Waals surface area contributed by atoms with Crippen molar-refractivity contribution >= 4 is 17.3 Å². The smallest absolute Gasteiger partial charge is 0.398 e. The number of nitrogens with zero attached hydrogens (tertiary/aromatic N) is 2. The summed E-state index contributed by atoms with van der Waals surface area (Å²) in [7, 11) is 0.679. The van der Waals surface area contributed by atoms with Crippen molar-refractivity contribution in [2.75, 3.05) is 5.73 Å². The van der Waals surface area contributed by atoms with Crippen molar-refractivity contribution in [2.45, 2.75) is 12.4 Å². The number of hydrogen-bond donors (Lipinski definition) is 1. The zero-order valence-electron chi connectivity index (χ0n) is 11.2. The fourth-order valence-corrected chi connectivity index (χ4v) is 2.20. The molecule has 1 heterocycles. The van der Waals surface area contributed by atoms with Gasteiger partial charge in [0.25, 0.3) is 0 Å². The average molecular weight is 362 g/mol. The molecule has 0 unspecified atom stereocenters. The van der Waals surface area contributed by atoms with Crippen LogP contribution >= 0.6 is 11.6 Å². The van der Waals surface area contributed by atoms with E-state index in [-0.39, 0.29) is 15.4 Å². The molecule has 126 valence electrons. The Morgan fingerprint density at radius 3 is 2.13 bits per heavy atom. The Morgan fingerprint density at radius 2 is 1.65 bits per heavy atom. The van der Waals surface area contributed by atoms with Gasteiger partial charge in [0.05, 0.1) is 10.7 Å². The second-order valence-electron chi connectivity index (χ2n) is 4.54. The summed E-state index contributed by atoms with van der Waals surface area (Å²) in [6.45, 7) is 0. The van der Waals surface area contributed by atoms with Crippen molar-refractivity contribution in [3.05, 3.63) is 34.2 Å². The maximum absolute atomic E-state index is 13.9. The molecular weight excluding hydrogens is 355 g/mol. The van der Waals surface area contributed by atoms with E-state index in [1.165, 1.54) is 0 Å². The lowest BCUT2D eigenvalue weighted by Crippen LogP contribution is -2.19. The van der Waals surface area contributed by atoms with Gasteiger partial charge in [0.1, 0.15) is 17.1 Å². The molecule has 0 amide bonds. The lowest BCUT2D eigenvalue weighted by molar-refractivity contribution is -0.165. The molecule has 2 N–H and O–H groups in total. The first-order valence-electron chi connectivity index (χ1n) is 5.80. The number of nitrogen functional groups attached to an aromatic ring is 1. The number of aryl methyl sites for hydroxylation is 1. The van der Waals surface area contributed by atoms with Gasteiger partial charge in [0.2, 0.25) is 0 Å². The third-order valence-corrected chi connectivity index (χ3v) is 3.27. The van der Waals surface area contributed by atoms with Gasteiger partial charge in [0, 0.05) is 12.6 Å². The van der Waals surface area contributed by atoms with Gasteiger partial charge in [-0.25, -0.2) is 4.39 Å². The van der Waals surface area contributed by atoms with E-state index in [4.69, 9.17) is 17.3 Å². The summed E-state index contributed by atoms with van der Waals surface area (Å²) in [6, 6.07) is 1.31. The predicted octanol–water partition coefficient (Wildman–Crippen LogP) is 4.50. The van der Waals surface area contributed by atoms with Crippen LogP contribution in [0.5, 0.6) is 0 Å². The van der Waals surface area contributed by atoms with Gasteiger partial charge in [-0.1, -0.05) is 11.6 Å². The molecule has 11 heteroatoms. The van der Waals surface area contributed by atoms with Crippen LogP contribution in [0.15, 0.2) is 12.1 Å². The highest BCUT2D eigenvalue weighted by Crippen LogP contribution is 2.45. The summed E-state index contributed by atoms with van der Waals surface area (Å²) in [6.07, 6.45) is -10.7. The summed E-state index contributed by atoms with van der Waals surface area (Å²) in [5.41, 5.74) is -1.08. The Labute approximate surface area is 129 Å². The molecule has 0 bridgehead atoms. The highest BCUT2D eigenvalue weighted by atomic mass is 35.5. The van der Waals surface area contributed by atoms with Crippen LogP contribution in [0.3, 0.4) is 0 Å². The summed E-state index contributed by atoms with van der Waals surface area (Å²) >= 11 is 5.52. The van der Waals surface area contributed by atoms with E-state index in [0.29, 0.717) is 19.2 Å². The summed E-state index contributed by atoms with van der Waals surface area (Å²) in [5.74, 6) is -1.28. The Hall–Kier alpha value is -1.97. The van der Waals surface area contributed by atoms with Gasteiger partial charge in [0.15, 0.2) is 5.69 Å². The van der Waals surface area contributed by atoms with E-state index in [1.54, 1.807) is 0 Å². The molecule has 0 radical (unpaired) electrons. The van der Waals surface area contributed by atoms with Crippen LogP contribution in [0.4, 0.5) is 36.4 Å². The number of anilines is 1. The summed E-state index contributed by atoms with van der Waals surface area (Å²) < 4.78 is 92.0. The Balaban J connectivity index is 2.87. The van der Waals surface area contributed by atoms with E-state index >= 15 is 0 Å². The molecule has 0 aliphatic heterocycles. The Kier molecular flexibility index (Phi) is 4.00. The maximum Gasteiger partial charge on any atom is 0.433 e. The minimum atomic E-state index is -5.41. The van der Waals surface area contributed by atoms with Crippen LogP contribution in [0.1, 0.15) is 11.3 Å². The van der Waals surface area contributed by atoms with Gasteiger partial charge in [-0.05, 0) is 12.1 Å². The van der Waals surface area contributed by atoms with E-state index in [9.17, 15) is 30.7 Å². The van der Waals surface area contributed by atoms with Crippen LogP contribution in [0.2, 0.25) is 5.02 Å². The minimum Gasteiger partial charge on any atom is -0.398 e. The molecule has 3 nitrogen and oxygen atoms in total. The fraction of sp³-hybridized carbons (Fsp3) is 0.250. The van der Waals surface area contributed by atoms with Crippen molar-refractivity contribution < 1.29 is 30.7 Å². The lowest BCUT2D eigenvalue weighted by Gasteiger charge is -2.13. The van der Waals surface area contributed by atoms with Gasteiger partial charge in [-0.15, -0.1) is 0 Å². The molecule has 2 rings (SSSR count). The topological polar surface area (TPSA) is 43.8 Å². The van der Waals surface area contributed by atoms with Gasteiger partial charge >= 0.3 is 12.4 Å². The van der Waals surface area contributed by atoms with E-state index in [2.05, 4.69) is 5.10 Å². The molecule has 0 saturated carbocycles. The first-order valence-corrected chi connectivity index (χ1v) is 6.18. The van der Waals surface area contributed by atoms with Crippen LogP contribution in [-0.4, -0.2) is 9.78 Å². The van der Waals surface area contributed by atoms with Crippen LogP contribution < -0.4 is 5.73 Å². The zero-order chi connectivity index (χ0) is 17.7. The summed E-state index contributed by atoms with van der Waals surface area (Å²) in [4.78, 5) is 0. The number of benzene rings is 1. The number of halogens is 8. The standard InChI is InChI=1S/C12H7ClF7N3/c1-23-10(12(18,19)20)8(11(15,16)17)9(22-23)4-2-7(21)5(13)3-6(4)14/h2-3H,21H2,1H3. The SMILES string of the molecule is Cn1nc(-c2cc(N)c(Cl)cc2F)c(C(F)(F)F)c1C(F)(F)F. The monoisotopic (exact) mass is 361 g/mol. The van der Waals surface area contributed by atoms with E-state index < -0.39 is 40.7 Å². The van der Waals surface area contributed by atoms with Crippen molar-refractivity contribution in [3.8, 4) is 11.3 Å². The molecule has 1 aromatic carbocycles. The Bertz CT molecular complexity index is 761. The fourth-order valence-electron chi connectivity index (χ4n) is 2.05. The highest BCUT2D eigenvalue weighted by Gasteiger charge is 2.49. The molecule has 0 atom stereocenters. The number of hydrogen-bond acceptors (Lipinski definition) is 2. The van der Waals surface area contributed by atoms with Gasteiger partial charge in [-0.3, -0.25) is 4.68 Å². The van der Waals surface area contributed by atoms with Crippen molar-refractivity contribution in [1.29, 1.82) is 0 Å². The number of alkyl halides is 6. The van der Waals surface area contributed by atoms with Crippen LogP contribution in [0, 0.1) is 5.82 Å². The molecule has 0 aliphatic rings. The van der Waals surface area contributed by atoms with Crippen LogP contribution in [-0.2, 0) is 19.4 Å².